The van der Waals surface area contributed by atoms with Crippen molar-refractivity contribution in [1.29, 1.82) is 0 Å². The summed E-state index contributed by atoms with van der Waals surface area (Å²) in [7, 11) is -3.79. The van der Waals surface area contributed by atoms with Gasteiger partial charge in [-0.2, -0.15) is 0 Å². The molecule has 1 aromatic rings. The molecule has 5 nitrogen and oxygen atoms in total. The molecule has 0 radical (unpaired) electrons. The molecule has 0 aliphatic rings. The van der Waals surface area contributed by atoms with E-state index in [4.69, 9.17) is 4.74 Å². The van der Waals surface area contributed by atoms with Crippen LogP contribution >= 0.6 is 0 Å². The van der Waals surface area contributed by atoms with E-state index in [1.165, 1.54) is 6.07 Å². The molecule has 1 N–H and O–H groups in total. The third-order valence-electron chi connectivity index (χ3n) is 2.66. The summed E-state index contributed by atoms with van der Waals surface area (Å²) >= 11 is 0. The van der Waals surface area contributed by atoms with Crippen molar-refractivity contribution in [3.63, 3.8) is 0 Å². The van der Waals surface area contributed by atoms with Crippen LogP contribution in [0.15, 0.2) is 23.1 Å². The largest absolute Gasteiger partial charge is 0.466 e. The van der Waals surface area contributed by atoms with Crippen LogP contribution in [0.25, 0.3) is 0 Å². The molecule has 22 heavy (non-hydrogen) atoms. The maximum Gasteiger partial charge on any atom is 0.306 e. The van der Waals surface area contributed by atoms with Crippen LogP contribution in [0.5, 0.6) is 0 Å². The average Bonchev–Trinajstić information content (AvgIpc) is 2.33. The van der Waals surface area contributed by atoms with Gasteiger partial charge in [0.25, 0.3) is 0 Å². The number of halogens is 1. The van der Waals surface area contributed by atoms with Crippen molar-refractivity contribution in [2.75, 3.05) is 6.61 Å². The summed E-state index contributed by atoms with van der Waals surface area (Å²) in [5, 5.41) is 0. The quantitative estimate of drug-likeness (QED) is 0.813. The molecule has 1 rings (SSSR count). The fraction of sp³-hybridized carbons (Fsp3) is 0.533. The van der Waals surface area contributed by atoms with Gasteiger partial charge in [0.1, 0.15) is 5.82 Å². The maximum absolute atomic E-state index is 13.4. The Morgan fingerprint density at radius 2 is 1.95 bits per heavy atom. The maximum atomic E-state index is 13.4. The van der Waals surface area contributed by atoms with E-state index in [1.54, 1.807) is 27.7 Å². The first-order valence-corrected chi connectivity index (χ1v) is 8.51. The molecule has 0 atom stereocenters. The summed E-state index contributed by atoms with van der Waals surface area (Å²) in [6.45, 7) is 7.08. The summed E-state index contributed by atoms with van der Waals surface area (Å²) < 4.78 is 45.5. The zero-order valence-electron chi connectivity index (χ0n) is 13.3. The van der Waals surface area contributed by atoms with Crippen LogP contribution in [0.3, 0.4) is 0 Å². The molecule has 0 fully saturated rings. The Morgan fingerprint density at radius 1 is 1.32 bits per heavy atom. The Kier molecular flexibility index (Phi) is 6.08. The van der Waals surface area contributed by atoms with E-state index in [0.29, 0.717) is 0 Å². The second-order valence-electron chi connectivity index (χ2n) is 5.91. The summed E-state index contributed by atoms with van der Waals surface area (Å²) in [4.78, 5) is 11.4. The monoisotopic (exact) mass is 331 g/mol. The average molecular weight is 331 g/mol. The molecule has 0 heterocycles. The van der Waals surface area contributed by atoms with Gasteiger partial charge in [0.15, 0.2) is 0 Å². The highest BCUT2D eigenvalue weighted by molar-refractivity contribution is 7.89. The van der Waals surface area contributed by atoms with Crippen LogP contribution in [0.1, 0.15) is 39.7 Å². The number of hydrogen-bond acceptors (Lipinski definition) is 4. The third kappa shape index (κ3) is 5.73. The van der Waals surface area contributed by atoms with Crippen LogP contribution in [0, 0.1) is 5.82 Å². The number of sulfonamides is 1. The van der Waals surface area contributed by atoms with Crippen LogP contribution in [-0.2, 0) is 26.0 Å². The fourth-order valence-corrected chi connectivity index (χ4v) is 3.60. The molecule has 7 heteroatoms. The Hall–Kier alpha value is -1.47. The van der Waals surface area contributed by atoms with Crippen LogP contribution in [-0.4, -0.2) is 26.5 Å². The molecule has 124 valence electrons. The minimum atomic E-state index is -3.79. The van der Waals surface area contributed by atoms with Gasteiger partial charge in [0, 0.05) is 12.0 Å². The van der Waals surface area contributed by atoms with E-state index in [2.05, 4.69) is 4.72 Å². The SMILES string of the molecule is CCOC(=O)CCc1cc(F)ccc1S(=O)(=O)NC(C)(C)C. The number of rotatable bonds is 6. The predicted molar refractivity (Wildman–Crippen MR) is 81.4 cm³/mol. The lowest BCUT2D eigenvalue weighted by molar-refractivity contribution is -0.143. The minimum Gasteiger partial charge on any atom is -0.466 e. The lowest BCUT2D eigenvalue weighted by Crippen LogP contribution is -2.40. The van der Waals surface area contributed by atoms with Gasteiger partial charge in [-0.15, -0.1) is 0 Å². The number of hydrogen-bond donors (Lipinski definition) is 1. The Labute approximate surface area is 130 Å². The first-order valence-electron chi connectivity index (χ1n) is 7.03. The summed E-state index contributed by atoms with van der Waals surface area (Å²) in [5.41, 5.74) is -0.407. The second-order valence-corrected chi connectivity index (χ2v) is 7.56. The van der Waals surface area contributed by atoms with Crippen molar-refractivity contribution >= 4 is 16.0 Å². The summed E-state index contributed by atoms with van der Waals surface area (Å²) in [6, 6.07) is 3.44. The van der Waals surface area contributed by atoms with Gasteiger partial charge in [0.05, 0.1) is 11.5 Å². The molecule has 0 saturated heterocycles. The number of nitrogens with one attached hydrogen (secondary N) is 1. The van der Waals surface area contributed by atoms with Crippen LogP contribution in [0.4, 0.5) is 4.39 Å². The Bertz CT molecular complexity index is 635. The zero-order chi connectivity index (χ0) is 17.0. The molecular weight excluding hydrogens is 309 g/mol. The summed E-state index contributed by atoms with van der Waals surface area (Å²) in [5.74, 6) is -0.993. The normalized spacial score (nSPS) is 12.2. The van der Waals surface area contributed by atoms with E-state index >= 15 is 0 Å². The Balaban J connectivity index is 3.08. The van der Waals surface area contributed by atoms with Crippen molar-refractivity contribution in [2.24, 2.45) is 0 Å². The van der Waals surface area contributed by atoms with Crippen LogP contribution < -0.4 is 4.72 Å². The Morgan fingerprint density at radius 3 is 2.50 bits per heavy atom. The molecule has 0 unspecified atom stereocenters. The predicted octanol–water partition coefficient (Wildman–Crippen LogP) is 2.40. The molecule has 0 bridgehead atoms. The van der Waals surface area contributed by atoms with E-state index in [-0.39, 0.29) is 29.9 Å². The molecule has 0 aliphatic heterocycles. The zero-order valence-corrected chi connectivity index (χ0v) is 14.1. The first-order chi connectivity index (χ1) is 10.0. The number of esters is 1. The second kappa shape index (κ2) is 7.19. The number of carbonyl (C=O) groups excluding carboxylic acids is 1. The minimum absolute atomic E-state index is 0.00463. The van der Waals surface area contributed by atoms with Gasteiger partial charge < -0.3 is 4.74 Å². The van der Waals surface area contributed by atoms with Crippen molar-refractivity contribution in [2.45, 2.75) is 51.0 Å². The van der Waals surface area contributed by atoms with Crippen molar-refractivity contribution in [1.82, 2.24) is 4.72 Å². The number of ether oxygens (including phenoxy) is 1. The number of aryl methyl sites for hydroxylation is 1. The van der Waals surface area contributed by atoms with Crippen LogP contribution in [0.2, 0.25) is 0 Å². The molecule has 0 saturated carbocycles. The van der Waals surface area contributed by atoms with Gasteiger partial charge in [-0.3, -0.25) is 4.79 Å². The summed E-state index contributed by atoms with van der Waals surface area (Å²) in [6.07, 6.45) is 0.0896. The van der Waals surface area contributed by atoms with Gasteiger partial charge in [0.2, 0.25) is 10.0 Å². The van der Waals surface area contributed by atoms with Crippen molar-refractivity contribution < 1.29 is 22.3 Å². The van der Waals surface area contributed by atoms with Crippen molar-refractivity contribution in [3.8, 4) is 0 Å². The van der Waals surface area contributed by atoms with E-state index in [1.807, 2.05) is 0 Å². The lowest BCUT2D eigenvalue weighted by atomic mass is 10.1. The molecule has 0 spiro atoms. The fourth-order valence-electron chi connectivity index (χ4n) is 1.93. The number of carbonyl (C=O) groups is 1. The van der Waals surface area contributed by atoms with Crippen molar-refractivity contribution in [3.05, 3.63) is 29.6 Å². The molecule has 0 aliphatic carbocycles. The van der Waals surface area contributed by atoms with E-state index in [9.17, 15) is 17.6 Å². The first kappa shape index (κ1) is 18.6. The van der Waals surface area contributed by atoms with E-state index < -0.39 is 27.3 Å². The lowest BCUT2D eigenvalue weighted by Gasteiger charge is -2.21. The highest BCUT2D eigenvalue weighted by atomic mass is 32.2. The number of benzene rings is 1. The standard InChI is InChI=1S/C15H22FNO4S/c1-5-21-14(18)9-6-11-10-12(16)7-8-13(11)22(19,20)17-15(2,3)4/h7-8,10,17H,5-6,9H2,1-4H3. The molecular formula is C15H22FNO4S. The van der Waals surface area contributed by atoms with Gasteiger partial charge in [-0.25, -0.2) is 17.5 Å². The highest BCUT2D eigenvalue weighted by Gasteiger charge is 2.25. The highest BCUT2D eigenvalue weighted by Crippen LogP contribution is 2.20. The van der Waals surface area contributed by atoms with Gasteiger partial charge in [-0.05, 0) is 57.9 Å². The molecule has 0 aromatic heterocycles. The van der Waals surface area contributed by atoms with E-state index in [0.717, 1.165) is 12.1 Å². The topological polar surface area (TPSA) is 72.5 Å². The molecule has 0 amide bonds. The third-order valence-corrected chi connectivity index (χ3v) is 4.51. The molecule has 1 aromatic carbocycles. The van der Waals surface area contributed by atoms with Gasteiger partial charge >= 0.3 is 5.97 Å². The van der Waals surface area contributed by atoms with Gasteiger partial charge in [-0.1, -0.05) is 0 Å². The smallest absolute Gasteiger partial charge is 0.306 e.